The van der Waals surface area contributed by atoms with Crippen LogP contribution in [0.25, 0.3) is 0 Å². The fraction of sp³-hybridized carbons (Fsp3) is 0.286. The molecule has 0 unspecified atom stereocenters. The van der Waals surface area contributed by atoms with E-state index in [0.29, 0.717) is 29.3 Å². The Labute approximate surface area is 161 Å². The van der Waals surface area contributed by atoms with Gasteiger partial charge in [0.05, 0.1) is 16.5 Å². The summed E-state index contributed by atoms with van der Waals surface area (Å²) in [7, 11) is 0. The van der Waals surface area contributed by atoms with Crippen molar-refractivity contribution in [2.75, 3.05) is 0 Å². The number of imide groups is 1. The highest BCUT2D eigenvalue weighted by Crippen LogP contribution is 2.43. The number of halogens is 1. The van der Waals surface area contributed by atoms with E-state index >= 15 is 0 Å². The SMILES string of the molecule is O=C1c2ccccc2C(=O)N1OC(=O)C1(Cc2cccc(Cl)c2)CCCC1. The third-order valence-electron chi connectivity index (χ3n) is 5.36. The van der Waals surface area contributed by atoms with E-state index in [1.165, 1.54) is 0 Å². The van der Waals surface area contributed by atoms with Crippen LogP contribution in [0.15, 0.2) is 48.5 Å². The number of amides is 2. The quantitative estimate of drug-likeness (QED) is 0.742. The molecule has 0 spiro atoms. The average molecular weight is 384 g/mol. The molecule has 2 aliphatic rings. The first-order valence-corrected chi connectivity index (χ1v) is 9.33. The van der Waals surface area contributed by atoms with Crippen LogP contribution in [0.3, 0.4) is 0 Å². The van der Waals surface area contributed by atoms with Gasteiger partial charge in [0, 0.05) is 5.02 Å². The molecule has 1 saturated carbocycles. The van der Waals surface area contributed by atoms with Gasteiger partial charge in [-0.2, -0.15) is 0 Å². The summed E-state index contributed by atoms with van der Waals surface area (Å²) in [6.07, 6.45) is 3.58. The average Bonchev–Trinajstić information content (AvgIpc) is 3.22. The highest BCUT2D eigenvalue weighted by Gasteiger charge is 2.47. The van der Waals surface area contributed by atoms with Gasteiger partial charge in [0.1, 0.15) is 0 Å². The van der Waals surface area contributed by atoms with Crippen LogP contribution >= 0.6 is 11.6 Å². The van der Waals surface area contributed by atoms with E-state index in [2.05, 4.69) is 0 Å². The zero-order valence-corrected chi connectivity index (χ0v) is 15.4. The van der Waals surface area contributed by atoms with Crippen molar-refractivity contribution in [1.82, 2.24) is 5.06 Å². The van der Waals surface area contributed by atoms with E-state index in [1.54, 1.807) is 30.3 Å². The molecule has 0 N–H and O–H groups in total. The van der Waals surface area contributed by atoms with E-state index in [4.69, 9.17) is 16.4 Å². The first-order valence-electron chi connectivity index (χ1n) is 8.95. The lowest BCUT2D eigenvalue weighted by molar-refractivity contribution is -0.181. The number of hydrogen-bond acceptors (Lipinski definition) is 4. The predicted molar refractivity (Wildman–Crippen MR) is 99.1 cm³/mol. The van der Waals surface area contributed by atoms with Crippen molar-refractivity contribution < 1.29 is 19.2 Å². The first-order chi connectivity index (χ1) is 13.0. The highest BCUT2D eigenvalue weighted by atomic mass is 35.5. The molecular weight excluding hydrogens is 366 g/mol. The number of rotatable bonds is 4. The van der Waals surface area contributed by atoms with Gasteiger partial charge in [-0.3, -0.25) is 9.59 Å². The summed E-state index contributed by atoms with van der Waals surface area (Å²) in [5, 5.41) is 1.21. The summed E-state index contributed by atoms with van der Waals surface area (Å²) in [6, 6.07) is 13.8. The van der Waals surface area contributed by atoms with Crippen molar-refractivity contribution >= 4 is 29.4 Å². The summed E-state index contributed by atoms with van der Waals surface area (Å²) in [6.45, 7) is 0. The standard InChI is InChI=1S/C21H18ClNO4/c22-15-7-5-6-14(12-15)13-21(10-3-4-11-21)20(26)27-23-18(24)16-8-1-2-9-17(16)19(23)25/h1-2,5-9,12H,3-4,10-11,13H2. The molecule has 2 amide bonds. The summed E-state index contributed by atoms with van der Waals surface area (Å²) in [4.78, 5) is 43.4. The van der Waals surface area contributed by atoms with E-state index in [-0.39, 0.29) is 11.1 Å². The van der Waals surface area contributed by atoms with Gasteiger partial charge in [-0.15, -0.1) is 0 Å². The van der Waals surface area contributed by atoms with Crippen LogP contribution in [0.5, 0.6) is 0 Å². The van der Waals surface area contributed by atoms with Gasteiger partial charge in [-0.1, -0.05) is 53.8 Å². The minimum atomic E-state index is -0.750. The van der Waals surface area contributed by atoms with Crippen LogP contribution in [0.1, 0.15) is 52.0 Å². The Morgan fingerprint density at radius 1 is 1.00 bits per heavy atom. The van der Waals surface area contributed by atoms with Crippen molar-refractivity contribution in [2.45, 2.75) is 32.1 Å². The fourth-order valence-electron chi connectivity index (χ4n) is 3.97. The monoisotopic (exact) mass is 383 g/mol. The zero-order chi connectivity index (χ0) is 19.0. The van der Waals surface area contributed by atoms with Gasteiger partial charge in [0.25, 0.3) is 11.8 Å². The molecule has 1 fully saturated rings. The molecule has 27 heavy (non-hydrogen) atoms. The number of carbonyl (C=O) groups is 3. The van der Waals surface area contributed by atoms with Gasteiger partial charge in [-0.05, 0) is 49.1 Å². The molecule has 1 aliphatic carbocycles. The second-order valence-corrected chi connectivity index (χ2v) is 7.56. The lowest BCUT2D eigenvalue weighted by Gasteiger charge is -2.28. The molecule has 2 aromatic rings. The van der Waals surface area contributed by atoms with Crippen LogP contribution < -0.4 is 0 Å². The lowest BCUT2D eigenvalue weighted by Crippen LogP contribution is -2.40. The Hall–Kier alpha value is -2.66. The molecule has 138 valence electrons. The maximum Gasteiger partial charge on any atom is 0.339 e. The van der Waals surface area contributed by atoms with Gasteiger partial charge >= 0.3 is 5.97 Å². The second-order valence-electron chi connectivity index (χ2n) is 7.12. The Bertz CT molecular complexity index is 898. The van der Waals surface area contributed by atoms with Gasteiger partial charge in [-0.25, -0.2) is 4.79 Å². The molecule has 0 bridgehead atoms. The molecule has 1 aliphatic heterocycles. The first kappa shape index (κ1) is 17.7. The van der Waals surface area contributed by atoms with E-state index < -0.39 is 23.2 Å². The van der Waals surface area contributed by atoms with Crippen molar-refractivity contribution in [3.63, 3.8) is 0 Å². The number of hydrogen-bond donors (Lipinski definition) is 0. The summed E-state index contributed by atoms with van der Waals surface area (Å²) < 4.78 is 0. The number of hydroxylamine groups is 2. The molecule has 0 saturated heterocycles. The smallest absolute Gasteiger partial charge is 0.329 e. The van der Waals surface area contributed by atoms with E-state index in [1.807, 2.05) is 18.2 Å². The Morgan fingerprint density at radius 3 is 2.22 bits per heavy atom. The van der Waals surface area contributed by atoms with E-state index in [0.717, 1.165) is 18.4 Å². The predicted octanol–water partition coefficient (Wildman–Crippen LogP) is 4.20. The Morgan fingerprint density at radius 2 is 1.63 bits per heavy atom. The summed E-state index contributed by atoms with van der Waals surface area (Å²) in [5.74, 6) is -1.73. The van der Waals surface area contributed by atoms with Crippen LogP contribution in [0.2, 0.25) is 5.02 Å². The molecule has 0 radical (unpaired) electrons. The van der Waals surface area contributed by atoms with Crippen molar-refractivity contribution in [3.05, 3.63) is 70.2 Å². The fourth-order valence-corrected chi connectivity index (χ4v) is 4.19. The Kier molecular flexibility index (Phi) is 4.48. The number of carbonyl (C=O) groups excluding carboxylic acids is 3. The zero-order valence-electron chi connectivity index (χ0n) is 14.6. The Balaban J connectivity index is 1.57. The number of nitrogens with zero attached hydrogens (tertiary/aromatic N) is 1. The molecule has 4 rings (SSSR count). The molecule has 5 nitrogen and oxygen atoms in total. The maximum absolute atomic E-state index is 13.1. The van der Waals surface area contributed by atoms with Crippen molar-refractivity contribution in [2.24, 2.45) is 5.41 Å². The molecule has 6 heteroatoms. The summed E-state index contributed by atoms with van der Waals surface area (Å²) in [5.41, 5.74) is 0.694. The molecular formula is C21H18ClNO4. The van der Waals surface area contributed by atoms with Crippen LogP contribution in [-0.2, 0) is 16.1 Å². The molecule has 0 atom stereocenters. The lowest BCUT2D eigenvalue weighted by atomic mass is 9.80. The number of fused-ring (bicyclic) bond motifs is 1. The molecule has 2 aromatic carbocycles. The minimum absolute atomic E-state index is 0.255. The highest BCUT2D eigenvalue weighted by molar-refractivity contribution is 6.30. The van der Waals surface area contributed by atoms with Crippen molar-refractivity contribution in [3.8, 4) is 0 Å². The third kappa shape index (κ3) is 3.12. The van der Waals surface area contributed by atoms with Crippen molar-refractivity contribution in [1.29, 1.82) is 0 Å². The van der Waals surface area contributed by atoms with Crippen LogP contribution in [0.4, 0.5) is 0 Å². The largest absolute Gasteiger partial charge is 0.339 e. The van der Waals surface area contributed by atoms with E-state index in [9.17, 15) is 14.4 Å². The normalized spacial score (nSPS) is 17.9. The van der Waals surface area contributed by atoms with Gasteiger partial charge < -0.3 is 4.84 Å². The maximum atomic E-state index is 13.1. The second kappa shape index (κ2) is 6.82. The van der Waals surface area contributed by atoms with Crippen LogP contribution in [0, 0.1) is 5.41 Å². The molecule has 0 aromatic heterocycles. The van der Waals surface area contributed by atoms with Crippen LogP contribution in [-0.4, -0.2) is 22.8 Å². The summed E-state index contributed by atoms with van der Waals surface area (Å²) >= 11 is 6.07. The third-order valence-corrected chi connectivity index (χ3v) is 5.59. The number of benzene rings is 2. The van der Waals surface area contributed by atoms with Gasteiger partial charge in [0.15, 0.2) is 0 Å². The topological polar surface area (TPSA) is 63.7 Å². The van der Waals surface area contributed by atoms with Gasteiger partial charge in [0.2, 0.25) is 0 Å². The minimum Gasteiger partial charge on any atom is -0.329 e. The molecule has 1 heterocycles.